The first kappa shape index (κ1) is 21.6. The summed E-state index contributed by atoms with van der Waals surface area (Å²) in [6.45, 7) is 4.84. The van der Waals surface area contributed by atoms with Gasteiger partial charge in [0.2, 0.25) is 16.0 Å². The molecule has 31 heavy (non-hydrogen) atoms. The predicted octanol–water partition coefficient (Wildman–Crippen LogP) is 2.65. The number of fused-ring (bicyclic) bond motifs is 1. The fourth-order valence-electron chi connectivity index (χ4n) is 4.01. The highest BCUT2D eigenvalue weighted by Crippen LogP contribution is 2.34. The van der Waals surface area contributed by atoms with Crippen LogP contribution in [0.5, 0.6) is 0 Å². The first-order chi connectivity index (χ1) is 14.7. The normalized spacial score (nSPS) is 18.0. The number of sulfonamides is 1. The number of nitrogens with zero attached hydrogens (tertiary/aromatic N) is 6. The number of piperidine rings is 1. The molecule has 0 bridgehead atoms. The van der Waals surface area contributed by atoms with E-state index in [1.54, 1.807) is 22.9 Å². The second-order valence-electron chi connectivity index (χ2n) is 8.70. The van der Waals surface area contributed by atoms with E-state index >= 15 is 0 Å². The lowest BCUT2D eigenvalue weighted by atomic mass is 9.92. The third-order valence-corrected chi connectivity index (χ3v) is 7.66. The minimum absolute atomic E-state index is 0.0314. The van der Waals surface area contributed by atoms with Gasteiger partial charge in [0, 0.05) is 51.1 Å². The van der Waals surface area contributed by atoms with Crippen molar-refractivity contribution in [3.8, 4) is 11.3 Å². The van der Waals surface area contributed by atoms with Crippen LogP contribution in [0, 0.1) is 5.92 Å². The molecule has 1 aliphatic heterocycles. The second kappa shape index (κ2) is 8.51. The highest BCUT2D eigenvalue weighted by atomic mass is 32.2. The largest absolute Gasteiger partial charge is 0.347 e. The molecule has 0 amide bonds. The molecule has 0 spiro atoms. The summed E-state index contributed by atoms with van der Waals surface area (Å²) < 4.78 is 27.4. The molecule has 1 aliphatic rings. The van der Waals surface area contributed by atoms with Gasteiger partial charge in [-0.2, -0.15) is 0 Å². The number of hydrogen-bond donors (Lipinski definition) is 1. The third-order valence-electron chi connectivity index (χ3n) is 5.45. The van der Waals surface area contributed by atoms with Crippen LogP contribution in [0.25, 0.3) is 22.4 Å². The number of H-pyrrole nitrogens is 1. The second-order valence-corrected chi connectivity index (χ2v) is 10.7. The highest BCUT2D eigenvalue weighted by Gasteiger charge is 2.32. The van der Waals surface area contributed by atoms with E-state index in [4.69, 9.17) is 9.97 Å². The Morgan fingerprint density at radius 1 is 1.23 bits per heavy atom. The first-order valence-electron chi connectivity index (χ1n) is 10.6. The molecule has 9 nitrogen and oxygen atoms in total. The van der Waals surface area contributed by atoms with Crippen LogP contribution in [-0.4, -0.2) is 70.6 Å². The summed E-state index contributed by atoms with van der Waals surface area (Å²) in [7, 11) is 0.486. The molecule has 3 aromatic heterocycles. The lowest BCUT2D eigenvalue weighted by Crippen LogP contribution is -2.41. The van der Waals surface area contributed by atoms with Crippen molar-refractivity contribution in [2.45, 2.75) is 32.6 Å². The van der Waals surface area contributed by atoms with Crippen molar-refractivity contribution >= 4 is 27.1 Å². The zero-order valence-corrected chi connectivity index (χ0v) is 19.2. The van der Waals surface area contributed by atoms with E-state index < -0.39 is 10.0 Å². The molecule has 1 fully saturated rings. The van der Waals surface area contributed by atoms with Crippen LogP contribution < -0.4 is 4.90 Å². The molecule has 10 heteroatoms. The van der Waals surface area contributed by atoms with Gasteiger partial charge in [0.25, 0.3) is 0 Å². The predicted molar refractivity (Wildman–Crippen MR) is 121 cm³/mol. The Hall–Kier alpha value is -2.59. The molecule has 1 unspecified atom stereocenters. The zero-order chi connectivity index (χ0) is 22.2. The monoisotopic (exact) mass is 443 g/mol. The van der Waals surface area contributed by atoms with Gasteiger partial charge in [-0.05, 0) is 24.8 Å². The summed E-state index contributed by atoms with van der Waals surface area (Å²) in [5.74, 6) is 0.811. The first-order valence-corrected chi connectivity index (χ1v) is 12.2. The summed E-state index contributed by atoms with van der Waals surface area (Å²) in [5, 5.41) is 0. The molecule has 1 atom stereocenters. The minimum atomic E-state index is -3.30. The quantitative estimate of drug-likeness (QED) is 0.624. The SMILES string of the molecule is CC(C)CS(=O)(=O)N1CCCC(c2nc(N(C)C)ncc2-c2cnc3[nH]ccc3n2)C1. The number of aromatic nitrogens is 5. The van der Waals surface area contributed by atoms with E-state index in [1.807, 2.05) is 38.9 Å². The molecule has 0 aliphatic carbocycles. The molecule has 4 heterocycles. The molecule has 166 valence electrons. The Balaban J connectivity index is 1.74. The van der Waals surface area contributed by atoms with E-state index in [0.29, 0.717) is 24.7 Å². The fraction of sp³-hybridized carbons (Fsp3) is 0.524. The van der Waals surface area contributed by atoms with Gasteiger partial charge < -0.3 is 9.88 Å². The minimum Gasteiger partial charge on any atom is -0.347 e. The van der Waals surface area contributed by atoms with Crippen molar-refractivity contribution in [2.24, 2.45) is 5.92 Å². The number of nitrogens with one attached hydrogen (secondary N) is 1. The van der Waals surface area contributed by atoms with Crippen LogP contribution in [-0.2, 0) is 10.0 Å². The number of anilines is 1. The fourth-order valence-corrected chi connectivity index (χ4v) is 5.88. The topological polar surface area (TPSA) is 108 Å². The van der Waals surface area contributed by atoms with Crippen LogP contribution in [0.4, 0.5) is 5.95 Å². The van der Waals surface area contributed by atoms with Gasteiger partial charge >= 0.3 is 0 Å². The smallest absolute Gasteiger partial charge is 0.225 e. The molecule has 3 aromatic rings. The Bertz CT molecular complexity index is 1170. The Morgan fingerprint density at radius 3 is 2.77 bits per heavy atom. The molecule has 0 radical (unpaired) electrons. The van der Waals surface area contributed by atoms with Gasteiger partial charge in [-0.1, -0.05) is 13.8 Å². The Morgan fingerprint density at radius 2 is 2.03 bits per heavy atom. The summed E-state index contributed by atoms with van der Waals surface area (Å²) in [6.07, 6.45) is 6.96. The van der Waals surface area contributed by atoms with Gasteiger partial charge in [0.1, 0.15) is 5.52 Å². The number of rotatable bonds is 6. The van der Waals surface area contributed by atoms with Gasteiger partial charge in [-0.15, -0.1) is 0 Å². The Labute approximate surface area is 183 Å². The summed E-state index contributed by atoms with van der Waals surface area (Å²) >= 11 is 0. The maximum absolute atomic E-state index is 12.9. The van der Waals surface area contributed by atoms with E-state index in [0.717, 1.165) is 35.3 Å². The molecule has 0 aromatic carbocycles. The maximum atomic E-state index is 12.9. The van der Waals surface area contributed by atoms with Crippen LogP contribution in [0.3, 0.4) is 0 Å². The summed E-state index contributed by atoms with van der Waals surface area (Å²) in [6, 6.07) is 1.88. The van der Waals surface area contributed by atoms with Gasteiger partial charge in [-0.25, -0.2) is 32.7 Å². The van der Waals surface area contributed by atoms with E-state index in [1.165, 1.54) is 0 Å². The zero-order valence-electron chi connectivity index (χ0n) is 18.4. The van der Waals surface area contributed by atoms with Gasteiger partial charge in [-0.3, -0.25) is 0 Å². The van der Waals surface area contributed by atoms with E-state index in [2.05, 4.69) is 15.0 Å². The summed E-state index contributed by atoms with van der Waals surface area (Å²) in [4.78, 5) is 23.4. The van der Waals surface area contributed by atoms with E-state index in [9.17, 15) is 8.42 Å². The van der Waals surface area contributed by atoms with Crippen LogP contribution in [0.15, 0.2) is 24.7 Å². The van der Waals surface area contributed by atoms with Crippen LogP contribution in [0.2, 0.25) is 0 Å². The van der Waals surface area contributed by atoms with Crippen LogP contribution in [0.1, 0.15) is 38.3 Å². The van der Waals surface area contributed by atoms with Crippen molar-refractivity contribution in [2.75, 3.05) is 37.8 Å². The number of aromatic amines is 1. The molecule has 1 saturated heterocycles. The van der Waals surface area contributed by atoms with Crippen molar-refractivity contribution in [3.05, 3.63) is 30.4 Å². The van der Waals surface area contributed by atoms with E-state index in [-0.39, 0.29) is 17.6 Å². The Kier molecular flexibility index (Phi) is 5.94. The molecule has 4 rings (SSSR count). The summed E-state index contributed by atoms with van der Waals surface area (Å²) in [5.41, 5.74) is 3.81. The maximum Gasteiger partial charge on any atom is 0.225 e. The van der Waals surface area contributed by atoms with Crippen molar-refractivity contribution in [3.63, 3.8) is 0 Å². The molecular weight excluding hydrogens is 414 g/mol. The standard InChI is InChI=1S/C21H29N7O2S/c1-14(2)13-31(29,30)28-9-5-6-15(12-28)19-16(10-24-21(26-19)27(3)4)18-11-23-20-17(25-18)7-8-22-20/h7-8,10-11,14-15H,5-6,9,12-13H2,1-4H3,(H,22,23). The average molecular weight is 444 g/mol. The molecule has 0 saturated carbocycles. The lowest BCUT2D eigenvalue weighted by Gasteiger charge is -2.33. The third kappa shape index (κ3) is 4.54. The average Bonchev–Trinajstić information content (AvgIpc) is 3.20. The van der Waals surface area contributed by atoms with Gasteiger partial charge in [0.15, 0.2) is 5.65 Å². The molecule has 1 N–H and O–H groups in total. The van der Waals surface area contributed by atoms with Crippen LogP contribution >= 0.6 is 0 Å². The van der Waals surface area contributed by atoms with Gasteiger partial charge in [0.05, 0.1) is 23.3 Å². The van der Waals surface area contributed by atoms with Crippen molar-refractivity contribution in [1.29, 1.82) is 0 Å². The van der Waals surface area contributed by atoms with Crippen molar-refractivity contribution < 1.29 is 8.42 Å². The lowest BCUT2D eigenvalue weighted by molar-refractivity contribution is 0.311. The molecular formula is C21H29N7O2S. The number of hydrogen-bond acceptors (Lipinski definition) is 7. The van der Waals surface area contributed by atoms with Crippen molar-refractivity contribution in [1.82, 2.24) is 29.2 Å². The highest BCUT2D eigenvalue weighted by molar-refractivity contribution is 7.89.